The van der Waals surface area contributed by atoms with Crippen LogP contribution in [0.3, 0.4) is 0 Å². The maximum Gasteiger partial charge on any atom is 0.282 e. The lowest BCUT2D eigenvalue weighted by molar-refractivity contribution is 0.218. The lowest BCUT2D eigenvalue weighted by Gasteiger charge is -2.17. The van der Waals surface area contributed by atoms with Crippen LogP contribution in [0.2, 0.25) is 0 Å². The largest absolute Gasteiger partial charge is 0.384 e. The zero-order chi connectivity index (χ0) is 16.8. The van der Waals surface area contributed by atoms with E-state index < -0.39 is 0 Å². The Balaban J connectivity index is 2.05. The molecule has 124 valence electrons. The van der Waals surface area contributed by atoms with Crippen molar-refractivity contribution >= 4 is 33.4 Å². The summed E-state index contributed by atoms with van der Waals surface area (Å²) in [6, 6.07) is 8.46. The number of thioether (sulfide) groups is 1. The monoisotopic (exact) mass is 397 g/mol. The average molecular weight is 398 g/mol. The summed E-state index contributed by atoms with van der Waals surface area (Å²) in [5.74, 6) is 0.940. The van der Waals surface area contributed by atoms with Gasteiger partial charge in [0.15, 0.2) is 0 Å². The summed E-state index contributed by atoms with van der Waals surface area (Å²) in [4.78, 5) is 13.1. The molecule has 23 heavy (non-hydrogen) atoms. The first-order valence-electron chi connectivity index (χ1n) is 7.23. The van der Waals surface area contributed by atoms with Gasteiger partial charge in [-0.2, -0.15) is 5.10 Å². The van der Waals surface area contributed by atoms with Crippen LogP contribution in [0.5, 0.6) is 0 Å². The second-order valence-corrected chi connectivity index (χ2v) is 7.04. The van der Waals surface area contributed by atoms with Gasteiger partial charge in [0, 0.05) is 30.8 Å². The molecule has 0 aliphatic carbocycles. The zero-order valence-corrected chi connectivity index (χ0v) is 15.8. The van der Waals surface area contributed by atoms with Gasteiger partial charge in [-0.05, 0) is 40.5 Å². The molecule has 0 aliphatic heterocycles. The molecule has 0 amide bonds. The van der Waals surface area contributed by atoms with Gasteiger partial charge in [-0.3, -0.25) is 4.79 Å². The molecule has 0 bridgehead atoms. The number of hydrogen-bond acceptors (Lipinski definition) is 5. The van der Waals surface area contributed by atoms with E-state index in [1.807, 2.05) is 0 Å². The maximum absolute atomic E-state index is 11.9. The minimum Gasteiger partial charge on any atom is -0.384 e. The summed E-state index contributed by atoms with van der Waals surface area (Å²) < 4.78 is 6.84. The second kappa shape index (κ2) is 8.52. The van der Waals surface area contributed by atoms with Gasteiger partial charge in [-0.25, -0.2) is 4.68 Å². The number of ether oxygens (including phenoxy) is 1. The van der Waals surface area contributed by atoms with E-state index in [1.54, 1.807) is 32.1 Å². The van der Waals surface area contributed by atoms with Crippen LogP contribution in [-0.4, -0.2) is 29.3 Å². The Bertz CT molecular complexity index is 703. The van der Waals surface area contributed by atoms with E-state index in [0.29, 0.717) is 10.2 Å². The Labute approximate surface area is 148 Å². The first-order valence-corrected chi connectivity index (χ1v) is 9.01. The van der Waals surface area contributed by atoms with Crippen molar-refractivity contribution in [2.24, 2.45) is 7.05 Å². The summed E-state index contributed by atoms with van der Waals surface area (Å²) in [6.07, 6.45) is 1.65. The summed E-state index contributed by atoms with van der Waals surface area (Å²) >= 11 is 5.10. The van der Waals surface area contributed by atoms with Gasteiger partial charge < -0.3 is 10.1 Å². The van der Waals surface area contributed by atoms with Crippen molar-refractivity contribution in [2.75, 3.05) is 24.8 Å². The molecule has 5 nitrogen and oxygen atoms in total. The SMILES string of the molecule is COCCSc1ccc(C(C)Nc2cnn(C)c(=O)c2Br)cc1. The Morgan fingerprint density at radius 3 is 2.74 bits per heavy atom. The molecule has 0 radical (unpaired) electrons. The molecule has 1 atom stereocenters. The lowest BCUT2D eigenvalue weighted by atomic mass is 10.1. The van der Waals surface area contributed by atoms with Crippen LogP contribution in [0.1, 0.15) is 18.5 Å². The van der Waals surface area contributed by atoms with E-state index in [9.17, 15) is 4.79 Å². The van der Waals surface area contributed by atoms with Crippen molar-refractivity contribution in [1.82, 2.24) is 9.78 Å². The van der Waals surface area contributed by atoms with Crippen molar-refractivity contribution in [3.63, 3.8) is 0 Å². The third-order valence-corrected chi connectivity index (χ3v) is 5.13. The molecule has 1 aromatic heterocycles. The molecule has 0 spiro atoms. The van der Waals surface area contributed by atoms with E-state index >= 15 is 0 Å². The van der Waals surface area contributed by atoms with Gasteiger partial charge in [0.2, 0.25) is 0 Å². The summed E-state index contributed by atoms with van der Waals surface area (Å²) in [6.45, 7) is 2.80. The number of hydrogen-bond donors (Lipinski definition) is 1. The van der Waals surface area contributed by atoms with Crippen LogP contribution in [-0.2, 0) is 11.8 Å². The predicted octanol–water partition coefficient (Wildman–Crippen LogP) is 3.45. The normalized spacial score (nSPS) is 12.2. The number of rotatable bonds is 7. The van der Waals surface area contributed by atoms with E-state index in [4.69, 9.17) is 4.74 Å². The molecule has 2 aromatic rings. The molecular formula is C16H20BrN3O2S. The maximum atomic E-state index is 11.9. The quantitative estimate of drug-likeness (QED) is 0.572. The molecule has 1 aromatic carbocycles. The van der Waals surface area contributed by atoms with Gasteiger partial charge in [0.1, 0.15) is 4.47 Å². The van der Waals surface area contributed by atoms with Gasteiger partial charge >= 0.3 is 0 Å². The summed E-state index contributed by atoms with van der Waals surface area (Å²) in [5.41, 5.74) is 1.68. The van der Waals surface area contributed by atoms with Crippen molar-refractivity contribution in [3.05, 3.63) is 50.9 Å². The van der Waals surface area contributed by atoms with Crippen LogP contribution in [0.4, 0.5) is 5.69 Å². The Kier molecular flexibility index (Phi) is 6.68. The smallest absolute Gasteiger partial charge is 0.282 e. The standard InChI is InChI=1S/C16H20BrN3O2S/c1-11(19-14-10-18-20(2)16(21)15(14)17)12-4-6-13(7-5-12)23-9-8-22-3/h4-7,10-11,19H,8-9H2,1-3H3. The molecule has 0 saturated carbocycles. The number of aromatic nitrogens is 2. The van der Waals surface area contributed by atoms with E-state index in [2.05, 4.69) is 57.5 Å². The van der Waals surface area contributed by atoms with Gasteiger partial charge in [0.25, 0.3) is 5.56 Å². The highest BCUT2D eigenvalue weighted by Crippen LogP contribution is 2.25. The first-order chi connectivity index (χ1) is 11.0. The third kappa shape index (κ3) is 4.83. The van der Waals surface area contributed by atoms with Crippen LogP contribution in [0.25, 0.3) is 0 Å². The van der Waals surface area contributed by atoms with Crippen molar-refractivity contribution in [2.45, 2.75) is 17.9 Å². The highest BCUT2D eigenvalue weighted by Gasteiger charge is 2.11. The predicted molar refractivity (Wildman–Crippen MR) is 98.3 cm³/mol. The molecule has 7 heteroatoms. The topological polar surface area (TPSA) is 56.1 Å². The fraction of sp³-hybridized carbons (Fsp3) is 0.375. The van der Waals surface area contributed by atoms with Crippen molar-refractivity contribution < 1.29 is 4.74 Å². The van der Waals surface area contributed by atoms with Crippen LogP contribution < -0.4 is 10.9 Å². The zero-order valence-electron chi connectivity index (χ0n) is 13.4. The highest BCUT2D eigenvalue weighted by atomic mass is 79.9. The number of halogens is 1. The first kappa shape index (κ1) is 18.0. The molecule has 2 rings (SSSR count). The average Bonchev–Trinajstić information content (AvgIpc) is 2.56. The minimum absolute atomic E-state index is 0.0678. The molecule has 0 aliphatic rings. The van der Waals surface area contributed by atoms with Crippen LogP contribution >= 0.6 is 27.7 Å². The van der Waals surface area contributed by atoms with E-state index in [0.717, 1.165) is 17.9 Å². The van der Waals surface area contributed by atoms with E-state index in [1.165, 1.54) is 9.58 Å². The Morgan fingerprint density at radius 2 is 2.09 bits per heavy atom. The summed E-state index contributed by atoms with van der Waals surface area (Å²) in [7, 11) is 3.33. The van der Waals surface area contributed by atoms with Crippen LogP contribution in [0.15, 0.2) is 44.6 Å². The Morgan fingerprint density at radius 1 is 1.39 bits per heavy atom. The number of methoxy groups -OCH3 is 1. The fourth-order valence-electron chi connectivity index (χ4n) is 2.02. The molecule has 1 heterocycles. The second-order valence-electron chi connectivity index (χ2n) is 5.08. The molecule has 1 unspecified atom stereocenters. The van der Waals surface area contributed by atoms with E-state index in [-0.39, 0.29) is 11.6 Å². The number of aryl methyl sites for hydroxylation is 1. The number of anilines is 1. The number of benzene rings is 1. The van der Waals surface area contributed by atoms with Crippen molar-refractivity contribution in [1.29, 1.82) is 0 Å². The molecule has 0 saturated heterocycles. The molecule has 0 fully saturated rings. The van der Waals surface area contributed by atoms with Gasteiger partial charge in [-0.1, -0.05) is 12.1 Å². The number of nitrogens with one attached hydrogen (secondary N) is 1. The lowest BCUT2D eigenvalue weighted by Crippen LogP contribution is -2.22. The van der Waals surface area contributed by atoms with Gasteiger partial charge in [-0.15, -0.1) is 11.8 Å². The third-order valence-electron chi connectivity index (χ3n) is 3.39. The molecular weight excluding hydrogens is 378 g/mol. The fourth-order valence-corrected chi connectivity index (χ4v) is 3.31. The molecule has 1 N–H and O–H groups in total. The van der Waals surface area contributed by atoms with Crippen molar-refractivity contribution in [3.8, 4) is 0 Å². The minimum atomic E-state index is -0.160. The van der Waals surface area contributed by atoms with Crippen LogP contribution in [0, 0.1) is 0 Å². The highest BCUT2D eigenvalue weighted by molar-refractivity contribution is 9.10. The van der Waals surface area contributed by atoms with Gasteiger partial charge in [0.05, 0.1) is 18.5 Å². The number of nitrogens with zero attached hydrogens (tertiary/aromatic N) is 2. The Hall–Kier alpha value is -1.31. The summed E-state index contributed by atoms with van der Waals surface area (Å²) in [5, 5.41) is 7.36.